The number of hydrogen-bond donors (Lipinski definition) is 0. The molecule has 0 amide bonds. The van der Waals surface area contributed by atoms with Gasteiger partial charge >= 0.3 is 0 Å². The van der Waals surface area contributed by atoms with Crippen LogP contribution < -0.4 is 0 Å². The first-order chi connectivity index (χ1) is 29.6. The number of fused-ring (bicyclic) bond motifs is 8. The van der Waals surface area contributed by atoms with Gasteiger partial charge in [-0.25, -0.2) is 0 Å². The van der Waals surface area contributed by atoms with Gasteiger partial charge in [0.2, 0.25) is 0 Å². The van der Waals surface area contributed by atoms with E-state index in [-0.39, 0.29) is 0 Å². The zero-order chi connectivity index (χ0) is 41.4. The molecule has 0 spiro atoms. The third-order valence-electron chi connectivity index (χ3n) is 13.2. The molecule has 0 aliphatic heterocycles. The van der Waals surface area contributed by atoms with Crippen LogP contribution >= 0.6 is 56.7 Å². The van der Waals surface area contributed by atoms with Crippen molar-refractivity contribution in [2.24, 2.45) is 0 Å². The third-order valence-corrected chi connectivity index (χ3v) is 19.2. The van der Waals surface area contributed by atoms with Crippen molar-refractivity contribution >= 4 is 66.1 Å². The highest BCUT2D eigenvalue weighted by molar-refractivity contribution is 7.32. The Kier molecular flexibility index (Phi) is 8.43. The lowest BCUT2D eigenvalue weighted by molar-refractivity contribution is 0.762. The van der Waals surface area contributed by atoms with Crippen LogP contribution in [0.3, 0.4) is 0 Å². The molecule has 10 aromatic rings. The summed E-state index contributed by atoms with van der Waals surface area (Å²) in [7, 11) is 0. The minimum Gasteiger partial charge on any atom is -0.140 e. The van der Waals surface area contributed by atoms with E-state index in [1.54, 1.807) is 0 Å². The molecule has 5 heterocycles. The van der Waals surface area contributed by atoms with Crippen LogP contribution in [-0.2, 0) is 10.8 Å². The maximum atomic E-state index is 2.66. The van der Waals surface area contributed by atoms with Crippen molar-refractivity contribution in [2.45, 2.75) is 52.4 Å². The molecule has 12 rings (SSSR count). The predicted octanol–water partition coefficient (Wildman–Crippen LogP) is 17.1. The quantitative estimate of drug-likeness (QED) is 0.156. The van der Waals surface area contributed by atoms with Crippen LogP contribution in [0.4, 0.5) is 0 Å². The lowest BCUT2D eigenvalue weighted by atomic mass is 9.65. The van der Waals surface area contributed by atoms with Crippen LogP contribution in [0.25, 0.3) is 49.8 Å². The Labute approximate surface area is 378 Å². The molecule has 0 saturated carbocycles. The summed E-state index contributed by atoms with van der Waals surface area (Å²) in [4.78, 5) is 10.9. The van der Waals surface area contributed by atoms with Crippen molar-refractivity contribution in [3.05, 3.63) is 222 Å². The zero-order valence-corrected chi connectivity index (χ0v) is 39.0. The van der Waals surface area contributed by atoms with Crippen molar-refractivity contribution < 1.29 is 0 Å². The molecule has 2 aliphatic rings. The molecule has 5 aromatic carbocycles. The second-order valence-corrected chi connectivity index (χ2v) is 22.9. The van der Waals surface area contributed by atoms with Gasteiger partial charge in [-0.3, -0.25) is 0 Å². The van der Waals surface area contributed by atoms with Crippen LogP contribution in [0.15, 0.2) is 146 Å². The molecule has 0 fully saturated rings. The van der Waals surface area contributed by atoms with E-state index in [0.29, 0.717) is 0 Å². The summed E-state index contributed by atoms with van der Waals surface area (Å²) >= 11 is 9.76. The van der Waals surface area contributed by atoms with E-state index in [0.717, 1.165) is 0 Å². The van der Waals surface area contributed by atoms with E-state index in [1.807, 2.05) is 56.7 Å². The fourth-order valence-electron chi connectivity index (χ4n) is 10.3. The Balaban J connectivity index is 1.24. The van der Waals surface area contributed by atoms with Gasteiger partial charge in [-0.05, 0) is 140 Å². The molecule has 61 heavy (non-hydrogen) atoms. The normalized spacial score (nSPS) is 14.3. The van der Waals surface area contributed by atoms with Crippen molar-refractivity contribution in [3.8, 4) is 40.4 Å². The maximum Gasteiger partial charge on any atom is 0.0736 e. The van der Waals surface area contributed by atoms with Gasteiger partial charge in [0.05, 0.1) is 15.5 Å². The average Bonchev–Trinajstić information content (AvgIpc) is 4.13. The number of thiophene rings is 5. The first kappa shape index (κ1) is 37.6. The molecule has 296 valence electrons. The molecule has 0 atom stereocenters. The van der Waals surface area contributed by atoms with E-state index in [9.17, 15) is 0 Å². The van der Waals surface area contributed by atoms with Crippen LogP contribution in [0.2, 0.25) is 0 Å². The minimum absolute atomic E-state index is 0.500. The fourth-order valence-corrected chi connectivity index (χ4v) is 16.2. The largest absolute Gasteiger partial charge is 0.140 e. The van der Waals surface area contributed by atoms with E-state index in [4.69, 9.17) is 0 Å². The van der Waals surface area contributed by atoms with E-state index in [2.05, 4.69) is 187 Å². The summed E-state index contributed by atoms with van der Waals surface area (Å²) in [5, 5.41) is 0. The SMILES string of the molecule is Cc1ccc(C2(c3ccc(C)cc3)c3cc4c(cc3-c3sc(-c5ccc(C)s5)cc32)C(c2ccc(C)cc2)(c2ccc(C)cc2)c2c-4sc3cc(-c4ccc(C)s4)sc23)cc1. The van der Waals surface area contributed by atoms with Crippen LogP contribution in [0, 0.1) is 41.5 Å². The van der Waals surface area contributed by atoms with Gasteiger partial charge in [0.15, 0.2) is 0 Å². The van der Waals surface area contributed by atoms with Crippen molar-refractivity contribution in [1.29, 1.82) is 0 Å². The standard InChI is InChI=1S/C56H42S5/c1-31-7-17-37(18-8-31)55(38-19-9-32(2)10-20-38)43-28-42-44(27-41(43)52-45(55)29-48(59-52)46-25-15-35(5)57-46)56(39-21-11-33(3)12-22-39,40-23-13-34(4)14-24-40)51-53(42)61-50-30-49(60-54(50)51)47-26-16-36(6)58-47/h7-30H,1-6H3. The molecule has 0 bridgehead atoms. The average molecular weight is 875 g/mol. The van der Waals surface area contributed by atoms with Crippen molar-refractivity contribution in [1.82, 2.24) is 0 Å². The molecule has 2 aliphatic carbocycles. The molecule has 0 unspecified atom stereocenters. The molecule has 0 radical (unpaired) electrons. The van der Waals surface area contributed by atoms with Gasteiger partial charge in [0.1, 0.15) is 0 Å². The Morgan fingerprint density at radius 1 is 0.328 bits per heavy atom. The Morgan fingerprint density at radius 2 is 0.754 bits per heavy atom. The highest BCUT2D eigenvalue weighted by Gasteiger charge is 2.53. The summed E-state index contributed by atoms with van der Waals surface area (Å²) in [6, 6.07) is 57.3. The maximum absolute atomic E-state index is 2.66. The number of rotatable bonds is 6. The van der Waals surface area contributed by atoms with Crippen molar-refractivity contribution in [2.75, 3.05) is 0 Å². The summed E-state index contributed by atoms with van der Waals surface area (Å²) in [6.45, 7) is 13.3. The van der Waals surface area contributed by atoms with Gasteiger partial charge < -0.3 is 0 Å². The Morgan fingerprint density at radius 3 is 1.21 bits per heavy atom. The van der Waals surface area contributed by atoms with Crippen LogP contribution in [0.5, 0.6) is 0 Å². The lowest BCUT2D eigenvalue weighted by Gasteiger charge is -2.35. The van der Waals surface area contributed by atoms with E-state index in [1.165, 1.54) is 126 Å². The minimum atomic E-state index is -0.517. The number of hydrogen-bond acceptors (Lipinski definition) is 5. The molecule has 5 aromatic heterocycles. The van der Waals surface area contributed by atoms with Gasteiger partial charge in [-0.1, -0.05) is 119 Å². The number of aryl methyl sites for hydroxylation is 6. The highest BCUT2D eigenvalue weighted by Crippen LogP contribution is 2.67. The number of benzene rings is 5. The van der Waals surface area contributed by atoms with Crippen LogP contribution in [0.1, 0.15) is 76.5 Å². The molecule has 0 saturated heterocycles. The highest BCUT2D eigenvalue weighted by atomic mass is 32.1. The Hall–Kier alpha value is -5.14. The zero-order valence-electron chi connectivity index (χ0n) is 34.9. The summed E-state index contributed by atoms with van der Waals surface area (Å²) in [5.41, 5.74) is 17.7. The summed E-state index contributed by atoms with van der Waals surface area (Å²) in [5.74, 6) is 0. The predicted molar refractivity (Wildman–Crippen MR) is 267 cm³/mol. The van der Waals surface area contributed by atoms with Crippen molar-refractivity contribution in [3.63, 3.8) is 0 Å². The van der Waals surface area contributed by atoms with E-state index < -0.39 is 10.8 Å². The molecule has 0 N–H and O–H groups in total. The van der Waals surface area contributed by atoms with Gasteiger partial charge in [0.25, 0.3) is 0 Å². The summed E-state index contributed by atoms with van der Waals surface area (Å²) < 4.78 is 2.79. The van der Waals surface area contributed by atoms with Gasteiger partial charge in [0, 0.05) is 49.3 Å². The lowest BCUT2D eigenvalue weighted by Crippen LogP contribution is -2.30. The van der Waals surface area contributed by atoms with Gasteiger partial charge in [-0.2, -0.15) is 0 Å². The van der Waals surface area contributed by atoms with Crippen LogP contribution in [-0.4, -0.2) is 0 Å². The molecular formula is C56H42S5. The second kappa shape index (κ2) is 13.7. The molecule has 5 heteroatoms. The molecular weight excluding hydrogens is 833 g/mol. The third kappa shape index (κ3) is 5.38. The van der Waals surface area contributed by atoms with Gasteiger partial charge in [-0.15, -0.1) is 56.7 Å². The Bertz CT molecular complexity index is 3240. The smallest absolute Gasteiger partial charge is 0.0736 e. The second-order valence-electron chi connectivity index (χ2n) is 17.2. The first-order valence-corrected chi connectivity index (χ1v) is 25.0. The monoisotopic (exact) mass is 874 g/mol. The summed E-state index contributed by atoms with van der Waals surface area (Å²) in [6.07, 6.45) is 0. The molecule has 0 nitrogen and oxygen atoms in total. The first-order valence-electron chi connectivity index (χ1n) is 21.0. The fraction of sp³-hybridized carbons (Fsp3) is 0.143. The van der Waals surface area contributed by atoms with E-state index >= 15 is 0 Å². The topological polar surface area (TPSA) is 0 Å².